The third-order valence-electron chi connectivity index (χ3n) is 5.20. The minimum absolute atomic E-state index is 0.0683. The average molecular weight is 417 g/mol. The van der Waals surface area contributed by atoms with Crippen LogP contribution in [0.1, 0.15) is 46.6 Å². The molecule has 1 aliphatic rings. The van der Waals surface area contributed by atoms with Gasteiger partial charge in [0.2, 0.25) is 5.91 Å². The van der Waals surface area contributed by atoms with E-state index in [0.717, 1.165) is 16.9 Å². The normalized spacial score (nSPS) is 16.2. The molecule has 152 valence electrons. The highest BCUT2D eigenvalue weighted by atomic mass is 32.2. The van der Waals surface area contributed by atoms with Crippen molar-refractivity contribution < 1.29 is 9.59 Å². The first-order chi connectivity index (χ1) is 14.5. The smallest absolute Gasteiger partial charge is 0.255 e. The molecule has 0 aromatic heterocycles. The quantitative estimate of drug-likeness (QED) is 0.568. The molecule has 4 rings (SSSR count). The number of nitrogens with zero attached hydrogens (tertiary/aromatic N) is 1. The Bertz CT molecular complexity index is 1030. The van der Waals surface area contributed by atoms with E-state index >= 15 is 0 Å². The molecule has 0 unspecified atom stereocenters. The first kappa shape index (κ1) is 20.2. The zero-order chi connectivity index (χ0) is 21.1. The number of benzene rings is 3. The minimum Gasteiger partial charge on any atom is -0.322 e. The molecular formula is C25H24N2O2S. The summed E-state index contributed by atoms with van der Waals surface area (Å²) in [6, 6.07) is 25.1. The number of hydrogen-bond donors (Lipinski definition) is 1. The molecule has 2 amide bonds. The van der Waals surface area contributed by atoms with Crippen molar-refractivity contribution in [2.24, 2.45) is 0 Å². The summed E-state index contributed by atoms with van der Waals surface area (Å²) in [5.41, 5.74) is 4.56. The number of anilines is 2. The van der Waals surface area contributed by atoms with Gasteiger partial charge in [0.05, 0.1) is 5.75 Å². The van der Waals surface area contributed by atoms with Gasteiger partial charge >= 0.3 is 0 Å². The van der Waals surface area contributed by atoms with Crippen LogP contribution in [0.4, 0.5) is 11.4 Å². The van der Waals surface area contributed by atoms with Crippen LogP contribution in [0.3, 0.4) is 0 Å². The largest absolute Gasteiger partial charge is 0.322 e. The molecule has 30 heavy (non-hydrogen) atoms. The Hall–Kier alpha value is -3.05. The van der Waals surface area contributed by atoms with Crippen LogP contribution in [0.2, 0.25) is 0 Å². The highest BCUT2D eigenvalue weighted by molar-refractivity contribution is 8.00. The molecular weight excluding hydrogens is 392 g/mol. The van der Waals surface area contributed by atoms with Crippen molar-refractivity contribution in [2.45, 2.75) is 25.1 Å². The Balaban J connectivity index is 1.51. The van der Waals surface area contributed by atoms with Crippen LogP contribution in [0.15, 0.2) is 78.9 Å². The second kappa shape index (κ2) is 8.76. The highest BCUT2D eigenvalue weighted by Gasteiger charge is 2.34. The minimum atomic E-state index is -0.138. The van der Waals surface area contributed by atoms with Crippen molar-refractivity contribution in [3.8, 4) is 0 Å². The zero-order valence-electron chi connectivity index (χ0n) is 17.0. The maximum absolute atomic E-state index is 12.6. The Kier molecular flexibility index (Phi) is 5.91. The summed E-state index contributed by atoms with van der Waals surface area (Å²) in [5, 5.41) is 2.85. The van der Waals surface area contributed by atoms with E-state index in [1.807, 2.05) is 59.5 Å². The van der Waals surface area contributed by atoms with E-state index < -0.39 is 0 Å². The predicted octanol–water partition coefficient (Wildman–Crippen LogP) is 5.84. The predicted molar refractivity (Wildman–Crippen MR) is 124 cm³/mol. The third-order valence-corrected chi connectivity index (χ3v) is 6.41. The Labute approximate surface area is 181 Å². The molecule has 0 bridgehead atoms. The van der Waals surface area contributed by atoms with Crippen LogP contribution in [-0.2, 0) is 4.79 Å². The van der Waals surface area contributed by atoms with Gasteiger partial charge < -0.3 is 5.32 Å². The number of carbonyl (C=O) groups is 2. The van der Waals surface area contributed by atoms with Gasteiger partial charge in [0.25, 0.3) is 5.91 Å². The van der Waals surface area contributed by atoms with E-state index in [0.29, 0.717) is 17.2 Å². The van der Waals surface area contributed by atoms with Crippen molar-refractivity contribution in [1.82, 2.24) is 0 Å². The molecule has 0 saturated carbocycles. The van der Waals surface area contributed by atoms with Gasteiger partial charge in [-0.25, -0.2) is 0 Å². The van der Waals surface area contributed by atoms with Crippen LogP contribution < -0.4 is 10.2 Å². The summed E-state index contributed by atoms with van der Waals surface area (Å²) < 4.78 is 0. The molecule has 5 heteroatoms. The van der Waals surface area contributed by atoms with Gasteiger partial charge in [0.1, 0.15) is 5.37 Å². The van der Waals surface area contributed by atoms with Gasteiger partial charge in [-0.15, -0.1) is 11.8 Å². The number of rotatable bonds is 5. The third kappa shape index (κ3) is 4.26. The first-order valence-corrected chi connectivity index (χ1v) is 11.1. The molecule has 1 fully saturated rings. The summed E-state index contributed by atoms with van der Waals surface area (Å²) >= 11 is 1.62. The summed E-state index contributed by atoms with van der Waals surface area (Å²) in [5.74, 6) is 0.893. The van der Waals surface area contributed by atoms with Crippen molar-refractivity contribution in [2.75, 3.05) is 16.0 Å². The average Bonchev–Trinajstić information content (AvgIpc) is 3.16. The van der Waals surface area contributed by atoms with Crippen LogP contribution in [0, 0.1) is 0 Å². The molecule has 0 aliphatic carbocycles. The molecule has 1 aliphatic heterocycles. The van der Waals surface area contributed by atoms with Crippen molar-refractivity contribution in [3.63, 3.8) is 0 Å². The molecule has 3 aromatic rings. The number of amides is 2. The van der Waals surface area contributed by atoms with E-state index in [1.54, 1.807) is 23.9 Å². The maximum atomic E-state index is 12.6. The van der Waals surface area contributed by atoms with Gasteiger partial charge in [-0.3, -0.25) is 14.5 Å². The van der Waals surface area contributed by atoms with E-state index in [4.69, 9.17) is 0 Å². The monoisotopic (exact) mass is 416 g/mol. The van der Waals surface area contributed by atoms with Gasteiger partial charge in [0.15, 0.2) is 0 Å². The van der Waals surface area contributed by atoms with Gasteiger partial charge in [-0.05, 0) is 53.4 Å². The molecule has 1 saturated heterocycles. The fourth-order valence-electron chi connectivity index (χ4n) is 3.49. The second-order valence-electron chi connectivity index (χ2n) is 7.62. The molecule has 1 N–H and O–H groups in total. The van der Waals surface area contributed by atoms with E-state index in [2.05, 4.69) is 31.3 Å². The maximum Gasteiger partial charge on any atom is 0.255 e. The summed E-state index contributed by atoms with van der Waals surface area (Å²) in [6.45, 7) is 4.32. The van der Waals surface area contributed by atoms with Gasteiger partial charge in [0, 0.05) is 16.9 Å². The molecule has 0 spiro atoms. The first-order valence-electron chi connectivity index (χ1n) is 10.0. The van der Waals surface area contributed by atoms with E-state index in [1.165, 1.54) is 5.56 Å². The Morgan fingerprint density at radius 3 is 2.27 bits per heavy atom. The topological polar surface area (TPSA) is 49.4 Å². The molecule has 0 radical (unpaired) electrons. The molecule has 3 aromatic carbocycles. The standard InChI is InChI=1S/C25H24N2O2S/c1-17(2)18-10-14-22(15-11-18)27-23(28)16-30-25(27)20-8-12-21(13-9-20)26-24(29)19-6-4-3-5-7-19/h3-15,17,25H,16H2,1-2H3,(H,26,29)/t25-/m1/s1. The zero-order valence-corrected chi connectivity index (χ0v) is 17.9. The fourth-order valence-corrected chi connectivity index (χ4v) is 4.67. The lowest BCUT2D eigenvalue weighted by molar-refractivity contribution is -0.115. The van der Waals surface area contributed by atoms with Gasteiger partial charge in [-0.2, -0.15) is 0 Å². The molecule has 1 heterocycles. The molecule has 4 nitrogen and oxygen atoms in total. The lowest BCUT2D eigenvalue weighted by Gasteiger charge is -2.25. The SMILES string of the molecule is CC(C)c1ccc(N2C(=O)CS[C@@H]2c2ccc(NC(=O)c3ccccc3)cc2)cc1. The van der Waals surface area contributed by atoms with Crippen LogP contribution in [0.25, 0.3) is 0 Å². The summed E-state index contributed by atoms with van der Waals surface area (Å²) in [7, 11) is 0. The number of carbonyl (C=O) groups excluding carboxylic acids is 2. The fraction of sp³-hybridized carbons (Fsp3) is 0.200. The van der Waals surface area contributed by atoms with Crippen LogP contribution in [0.5, 0.6) is 0 Å². The second-order valence-corrected chi connectivity index (χ2v) is 8.68. The number of nitrogens with one attached hydrogen (secondary N) is 1. The van der Waals surface area contributed by atoms with E-state index in [-0.39, 0.29) is 17.2 Å². The number of hydrogen-bond acceptors (Lipinski definition) is 3. The number of thioether (sulfide) groups is 1. The van der Waals surface area contributed by atoms with Gasteiger partial charge in [-0.1, -0.05) is 56.3 Å². The highest BCUT2D eigenvalue weighted by Crippen LogP contribution is 2.42. The van der Waals surface area contributed by atoms with E-state index in [9.17, 15) is 9.59 Å². The van der Waals surface area contributed by atoms with Crippen LogP contribution in [-0.4, -0.2) is 17.6 Å². The Morgan fingerprint density at radius 1 is 0.967 bits per heavy atom. The summed E-state index contributed by atoms with van der Waals surface area (Å²) in [6.07, 6.45) is 0. The Morgan fingerprint density at radius 2 is 1.63 bits per heavy atom. The van der Waals surface area contributed by atoms with Crippen molar-refractivity contribution >= 4 is 35.0 Å². The lowest BCUT2D eigenvalue weighted by Crippen LogP contribution is -2.27. The summed E-state index contributed by atoms with van der Waals surface area (Å²) in [4.78, 5) is 26.8. The van der Waals surface area contributed by atoms with Crippen LogP contribution >= 0.6 is 11.8 Å². The van der Waals surface area contributed by atoms with Crippen molar-refractivity contribution in [1.29, 1.82) is 0 Å². The molecule has 1 atom stereocenters. The lowest BCUT2D eigenvalue weighted by atomic mass is 10.0. The van der Waals surface area contributed by atoms with Crippen molar-refractivity contribution in [3.05, 3.63) is 95.6 Å².